The summed E-state index contributed by atoms with van der Waals surface area (Å²) < 4.78 is 0. The third kappa shape index (κ3) is 3.50. The van der Waals surface area contributed by atoms with Crippen LogP contribution < -0.4 is 5.73 Å². The van der Waals surface area contributed by atoms with Crippen molar-refractivity contribution in [3.8, 4) is 0 Å². The molecule has 0 aliphatic carbocycles. The third-order valence-corrected chi connectivity index (χ3v) is 4.68. The molecule has 1 aromatic heterocycles. The van der Waals surface area contributed by atoms with Crippen LogP contribution >= 0.6 is 11.3 Å². The minimum atomic E-state index is 0.553. The van der Waals surface area contributed by atoms with Crippen molar-refractivity contribution in [3.05, 3.63) is 16.1 Å². The van der Waals surface area contributed by atoms with Gasteiger partial charge in [-0.2, -0.15) is 0 Å². The Kier molecular flexibility index (Phi) is 4.54. The highest BCUT2D eigenvalue weighted by Crippen LogP contribution is 2.22. The zero-order valence-corrected chi connectivity index (χ0v) is 11.7. The maximum absolute atomic E-state index is 5.71. The third-order valence-electron chi connectivity index (χ3n) is 3.49. The highest BCUT2D eigenvalue weighted by molar-refractivity contribution is 7.09. The lowest BCUT2D eigenvalue weighted by atomic mass is 9.97. The van der Waals surface area contributed by atoms with Gasteiger partial charge in [-0.15, -0.1) is 11.3 Å². The molecular weight excluding hydrogens is 230 g/mol. The molecular formula is C13H23N3S. The molecule has 0 spiro atoms. The van der Waals surface area contributed by atoms with Gasteiger partial charge in [-0.3, -0.25) is 4.90 Å². The molecule has 1 aromatic rings. The SMILES string of the molecule is CC(C)c1nc(CN2CCC(CN)CC2)cs1. The van der Waals surface area contributed by atoms with Gasteiger partial charge in [-0.1, -0.05) is 13.8 Å². The number of nitrogens with zero attached hydrogens (tertiary/aromatic N) is 2. The average molecular weight is 253 g/mol. The topological polar surface area (TPSA) is 42.2 Å². The van der Waals surface area contributed by atoms with E-state index in [4.69, 9.17) is 10.7 Å². The number of thiazole rings is 1. The number of likely N-dealkylation sites (tertiary alicyclic amines) is 1. The smallest absolute Gasteiger partial charge is 0.0954 e. The molecule has 3 nitrogen and oxygen atoms in total. The summed E-state index contributed by atoms with van der Waals surface area (Å²) in [7, 11) is 0. The first-order chi connectivity index (χ1) is 8.19. The van der Waals surface area contributed by atoms with Crippen molar-refractivity contribution in [1.82, 2.24) is 9.88 Å². The van der Waals surface area contributed by atoms with Gasteiger partial charge in [0, 0.05) is 17.8 Å². The first-order valence-corrected chi connectivity index (χ1v) is 7.43. The van der Waals surface area contributed by atoms with Crippen molar-refractivity contribution < 1.29 is 0 Å². The van der Waals surface area contributed by atoms with Crippen molar-refractivity contribution >= 4 is 11.3 Å². The lowest BCUT2D eigenvalue weighted by Crippen LogP contribution is -2.35. The van der Waals surface area contributed by atoms with Gasteiger partial charge in [0.05, 0.1) is 10.7 Å². The number of piperidine rings is 1. The van der Waals surface area contributed by atoms with Crippen LogP contribution in [-0.2, 0) is 6.54 Å². The second kappa shape index (κ2) is 5.94. The van der Waals surface area contributed by atoms with E-state index in [1.807, 2.05) is 0 Å². The van der Waals surface area contributed by atoms with Gasteiger partial charge in [-0.05, 0) is 38.4 Å². The van der Waals surface area contributed by atoms with Gasteiger partial charge in [0.25, 0.3) is 0 Å². The van der Waals surface area contributed by atoms with Crippen LogP contribution in [-0.4, -0.2) is 29.5 Å². The molecule has 0 radical (unpaired) electrons. The molecule has 0 saturated carbocycles. The molecule has 4 heteroatoms. The Morgan fingerprint density at radius 2 is 2.18 bits per heavy atom. The van der Waals surface area contributed by atoms with Crippen LogP contribution in [0.5, 0.6) is 0 Å². The fourth-order valence-corrected chi connectivity index (χ4v) is 3.10. The summed E-state index contributed by atoms with van der Waals surface area (Å²) in [5, 5.41) is 3.47. The van der Waals surface area contributed by atoms with Crippen LogP contribution in [0, 0.1) is 5.92 Å². The van der Waals surface area contributed by atoms with Crippen molar-refractivity contribution in [2.24, 2.45) is 11.7 Å². The number of hydrogen-bond acceptors (Lipinski definition) is 4. The lowest BCUT2D eigenvalue weighted by molar-refractivity contribution is 0.179. The van der Waals surface area contributed by atoms with E-state index in [9.17, 15) is 0 Å². The highest BCUT2D eigenvalue weighted by Gasteiger charge is 2.18. The molecule has 1 saturated heterocycles. The molecule has 1 fully saturated rings. The number of nitrogens with two attached hydrogens (primary N) is 1. The maximum Gasteiger partial charge on any atom is 0.0954 e. The molecule has 0 aromatic carbocycles. The number of aromatic nitrogens is 1. The average Bonchev–Trinajstić information content (AvgIpc) is 2.79. The molecule has 96 valence electrons. The summed E-state index contributed by atoms with van der Waals surface area (Å²) in [6.07, 6.45) is 2.50. The molecule has 0 unspecified atom stereocenters. The molecule has 0 bridgehead atoms. The fourth-order valence-electron chi connectivity index (χ4n) is 2.27. The summed E-state index contributed by atoms with van der Waals surface area (Å²) in [4.78, 5) is 7.20. The molecule has 17 heavy (non-hydrogen) atoms. The van der Waals surface area contributed by atoms with Gasteiger partial charge >= 0.3 is 0 Å². The van der Waals surface area contributed by atoms with Crippen molar-refractivity contribution in [3.63, 3.8) is 0 Å². The zero-order chi connectivity index (χ0) is 12.3. The number of rotatable bonds is 4. The van der Waals surface area contributed by atoms with E-state index >= 15 is 0 Å². The van der Waals surface area contributed by atoms with Gasteiger partial charge in [0.15, 0.2) is 0 Å². The largest absolute Gasteiger partial charge is 0.330 e. The van der Waals surface area contributed by atoms with Gasteiger partial charge in [0.2, 0.25) is 0 Å². The zero-order valence-electron chi connectivity index (χ0n) is 10.9. The predicted molar refractivity (Wildman–Crippen MR) is 73.3 cm³/mol. The minimum absolute atomic E-state index is 0.553. The molecule has 1 aliphatic heterocycles. The Bertz CT molecular complexity index is 340. The molecule has 0 atom stereocenters. The van der Waals surface area contributed by atoms with Crippen LogP contribution in [0.25, 0.3) is 0 Å². The summed E-state index contributed by atoms with van der Waals surface area (Å²) >= 11 is 1.79. The van der Waals surface area contributed by atoms with Gasteiger partial charge in [0.1, 0.15) is 0 Å². The second-order valence-corrected chi connectivity index (χ2v) is 6.18. The van der Waals surface area contributed by atoms with E-state index in [-0.39, 0.29) is 0 Å². The van der Waals surface area contributed by atoms with E-state index in [0.717, 1.165) is 19.0 Å². The summed E-state index contributed by atoms with van der Waals surface area (Å²) in [6.45, 7) is 8.63. The van der Waals surface area contributed by atoms with Gasteiger partial charge in [-0.25, -0.2) is 4.98 Å². The van der Waals surface area contributed by atoms with Crippen molar-refractivity contribution in [2.45, 2.75) is 39.2 Å². The van der Waals surface area contributed by atoms with Crippen LogP contribution in [0.3, 0.4) is 0 Å². The van der Waals surface area contributed by atoms with Crippen molar-refractivity contribution in [1.29, 1.82) is 0 Å². The Hall–Kier alpha value is -0.450. The standard InChI is InChI=1S/C13H23N3S/c1-10(2)13-15-12(9-17-13)8-16-5-3-11(7-14)4-6-16/h9-11H,3-8,14H2,1-2H3. The highest BCUT2D eigenvalue weighted by atomic mass is 32.1. The Morgan fingerprint density at radius 1 is 1.47 bits per heavy atom. The molecule has 2 heterocycles. The summed E-state index contributed by atoms with van der Waals surface area (Å²) in [6, 6.07) is 0. The van der Waals surface area contributed by atoms with Crippen LogP contribution in [0.15, 0.2) is 5.38 Å². The predicted octanol–water partition coefficient (Wildman–Crippen LogP) is 2.44. The summed E-state index contributed by atoms with van der Waals surface area (Å²) in [5.74, 6) is 1.30. The van der Waals surface area contributed by atoms with Gasteiger partial charge < -0.3 is 5.73 Å². The van der Waals surface area contributed by atoms with E-state index < -0.39 is 0 Å². The lowest BCUT2D eigenvalue weighted by Gasteiger charge is -2.30. The van der Waals surface area contributed by atoms with Crippen LogP contribution in [0.1, 0.15) is 43.3 Å². The second-order valence-electron chi connectivity index (χ2n) is 5.29. The first-order valence-electron chi connectivity index (χ1n) is 6.55. The van der Waals surface area contributed by atoms with Crippen molar-refractivity contribution in [2.75, 3.05) is 19.6 Å². The Balaban J connectivity index is 1.84. The van der Waals surface area contributed by atoms with E-state index in [0.29, 0.717) is 5.92 Å². The van der Waals surface area contributed by atoms with E-state index in [1.165, 1.54) is 36.6 Å². The summed E-state index contributed by atoms with van der Waals surface area (Å²) in [5.41, 5.74) is 6.95. The molecule has 2 N–H and O–H groups in total. The minimum Gasteiger partial charge on any atom is -0.330 e. The Labute approximate surface area is 108 Å². The molecule has 2 rings (SSSR count). The maximum atomic E-state index is 5.71. The fraction of sp³-hybridized carbons (Fsp3) is 0.769. The van der Waals surface area contributed by atoms with Crippen LogP contribution in [0.2, 0.25) is 0 Å². The quantitative estimate of drug-likeness (QED) is 0.896. The normalized spacial score (nSPS) is 19.1. The number of hydrogen-bond donors (Lipinski definition) is 1. The van der Waals surface area contributed by atoms with E-state index in [1.54, 1.807) is 11.3 Å². The van der Waals surface area contributed by atoms with E-state index in [2.05, 4.69) is 24.1 Å². The van der Waals surface area contributed by atoms with Crippen LogP contribution in [0.4, 0.5) is 0 Å². The monoisotopic (exact) mass is 253 g/mol. The first kappa shape index (κ1) is 13.0. The molecule has 0 amide bonds. The Morgan fingerprint density at radius 3 is 2.71 bits per heavy atom. The molecule has 1 aliphatic rings.